The van der Waals surface area contributed by atoms with E-state index in [0.29, 0.717) is 24.3 Å². The molecule has 0 bridgehead atoms. The second-order valence-corrected chi connectivity index (χ2v) is 3.75. The number of rotatable bonds is 4. The maximum absolute atomic E-state index is 12.7. The zero-order valence-electron chi connectivity index (χ0n) is 9.63. The number of hydrogen-bond acceptors (Lipinski definition) is 2. The summed E-state index contributed by atoms with van der Waals surface area (Å²) in [5.41, 5.74) is -1.72. The first-order valence-electron chi connectivity index (χ1n) is 5.09. The first-order valence-corrected chi connectivity index (χ1v) is 5.09. The molecule has 0 aromatic heterocycles. The summed E-state index contributed by atoms with van der Waals surface area (Å²) in [5, 5.41) is 8.28. The van der Waals surface area contributed by atoms with Crippen molar-refractivity contribution in [2.45, 2.75) is 18.5 Å². The van der Waals surface area contributed by atoms with Gasteiger partial charge < -0.3 is 9.84 Å². The molecule has 20 heavy (non-hydrogen) atoms. The molecule has 3 nitrogen and oxygen atoms in total. The van der Waals surface area contributed by atoms with E-state index in [9.17, 15) is 31.1 Å². The molecule has 0 aliphatic heterocycles. The minimum Gasteiger partial charge on any atom is -0.480 e. The molecule has 1 N–H and O–H groups in total. The lowest BCUT2D eigenvalue weighted by Crippen LogP contribution is -2.26. The van der Waals surface area contributed by atoms with Crippen LogP contribution in [0.2, 0.25) is 0 Å². The predicted molar refractivity (Wildman–Crippen MR) is 53.8 cm³/mol. The van der Waals surface area contributed by atoms with Crippen LogP contribution in [0, 0.1) is 0 Å². The van der Waals surface area contributed by atoms with Crippen LogP contribution >= 0.6 is 0 Å². The number of ether oxygens (including phenoxy) is 1. The third-order valence-corrected chi connectivity index (χ3v) is 2.21. The Labute approximate surface area is 108 Å². The number of carboxylic acids is 1. The number of hydrogen-bond donors (Lipinski definition) is 1. The fourth-order valence-electron chi connectivity index (χ4n) is 1.38. The van der Waals surface area contributed by atoms with Crippen molar-refractivity contribution in [2.24, 2.45) is 0 Å². The Kier molecular flexibility index (Phi) is 4.64. The lowest BCUT2D eigenvalue weighted by atomic mass is 10.1. The van der Waals surface area contributed by atoms with E-state index in [-0.39, 0.29) is 0 Å². The summed E-state index contributed by atoms with van der Waals surface area (Å²) in [5.74, 6) is -1.62. The first kappa shape index (κ1) is 16.3. The molecule has 0 spiro atoms. The third-order valence-electron chi connectivity index (χ3n) is 2.21. The molecule has 0 fully saturated rings. The number of carbonyl (C=O) groups is 1. The van der Waals surface area contributed by atoms with E-state index < -0.39 is 42.2 Å². The number of alkyl halides is 6. The summed E-state index contributed by atoms with van der Waals surface area (Å²) in [4.78, 5) is 10.2. The molecule has 1 aromatic carbocycles. The highest BCUT2D eigenvalue weighted by Crippen LogP contribution is 2.37. The van der Waals surface area contributed by atoms with Crippen molar-refractivity contribution in [2.75, 3.05) is 6.61 Å². The Balaban J connectivity index is 3.00. The van der Waals surface area contributed by atoms with Gasteiger partial charge in [0.15, 0.2) is 6.10 Å². The lowest BCUT2D eigenvalue weighted by molar-refractivity contribution is -0.225. The maximum atomic E-state index is 12.7. The molecule has 0 aliphatic rings. The van der Waals surface area contributed by atoms with Crippen molar-refractivity contribution >= 4 is 5.97 Å². The minimum absolute atomic E-state index is 0.470. The molecule has 112 valence electrons. The van der Waals surface area contributed by atoms with Gasteiger partial charge in [0.25, 0.3) is 0 Å². The van der Waals surface area contributed by atoms with Crippen LogP contribution in [0.25, 0.3) is 0 Å². The third kappa shape index (κ3) is 4.41. The van der Waals surface area contributed by atoms with Gasteiger partial charge in [-0.05, 0) is 17.7 Å². The van der Waals surface area contributed by atoms with E-state index in [1.54, 1.807) is 0 Å². The normalized spacial score (nSPS) is 14.1. The largest absolute Gasteiger partial charge is 0.480 e. The molecule has 1 unspecified atom stereocenters. The molecule has 0 saturated carbocycles. The Bertz CT molecular complexity index is 463. The van der Waals surface area contributed by atoms with Crippen LogP contribution in [0.1, 0.15) is 17.2 Å². The number of halogens is 6. The molecule has 0 aliphatic carbocycles. The zero-order chi connectivity index (χ0) is 15.6. The van der Waals surface area contributed by atoms with Crippen molar-refractivity contribution in [3.63, 3.8) is 0 Å². The minimum atomic E-state index is -4.94. The van der Waals surface area contributed by atoms with Crippen LogP contribution in [0.4, 0.5) is 26.3 Å². The number of carboxylic acid groups (broad SMARTS) is 1. The highest BCUT2D eigenvalue weighted by atomic mass is 19.4. The van der Waals surface area contributed by atoms with E-state index in [0.717, 1.165) is 0 Å². The van der Waals surface area contributed by atoms with Crippen molar-refractivity contribution in [3.8, 4) is 0 Å². The average Bonchev–Trinajstić information content (AvgIpc) is 2.26. The van der Waals surface area contributed by atoms with Crippen molar-refractivity contribution < 1.29 is 41.0 Å². The number of aliphatic carboxylic acids is 1. The fourth-order valence-corrected chi connectivity index (χ4v) is 1.38. The monoisotopic (exact) mass is 302 g/mol. The maximum Gasteiger partial charge on any atom is 0.418 e. The van der Waals surface area contributed by atoms with Gasteiger partial charge in [-0.15, -0.1) is 0 Å². The standard InChI is InChI=1S/C11H8F6O3/c12-10(13,14)7-3-1-6(2-4-7)9(11(15,16)17)20-5-8(18)19/h1-4,9H,5H2,(H,18,19). The van der Waals surface area contributed by atoms with Gasteiger partial charge in [-0.25, -0.2) is 4.79 Å². The van der Waals surface area contributed by atoms with Gasteiger partial charge in [0, 0.05) is 0 Å². The van der Waals surface area contributed by atoms with E-state index in [1.165, 1.54) is 0 Å². The Morgan fingerprint density at radius 3 is 1.95 bits per heavy atom. The van der Waals surface area contributed by atoms with Crippen LogP contribution in [0.15, 0.2) is 24.3 Å². The van der Waals surface area contributed by atoms with Crippen molar-refractivity contribution in [1.82, 2.24) is 0 Å². The summed E-state index contributed by atoms with van der Waals surface area (Å²) in [6.45, 7) is -1.22. The molecule has 0 saturated heterocycles. The molecule has 1 aromatic rings. The van der Waals surface area contributed by atoms with E-state index in [1.807, 2.05) is 0 Å². The van der Waals surface area contributed by atoms with E-state index in [2.05, 4.69) is 4.74 Å². The molecule has 0 radical (unpaired) electrons. The summed E-state index contributed by atoms with van der Waals surface area (Å²) < 4.78 is 79.0. The van der Waals surface area contributed by atoms with Crippen LogP contribution < -0.4 is 0 Å². The smallest absolute Gasteiger partial charge is 0.418 e. The zero-order valence-corrected chi connectivity index (χ0v) is 9.63. The van der Waals surface area contributed by atoms with Gasteiger partial charge in [-0.1, -0.05) is 12.1 Å². The second-order valence-electron chi connectivity index (χ2n) is 3.75. The van der Waals surface area contributed by atoms with Crippen LogP contribution in [0.5, 0.6) is 0 Å². The van der Waals surface area contributed by atoms with Crippen LogP contribution in [-0.2, 0) is 15.7 Å². The van der Waals surface area contributed by atoms with Gasteiger partial charge in [0.05, 0.1) is 5.56 Å². The summed E-state index contributed by atoms with van der Waals surface area (Å²) in [6.07, 6.45) is -12.2. The molecule has 0 amide bonds. The predicted octanol–water partition coefficient (Wildman–Crippen LogP) is 3.41. The molecule has 1 rings (SSSR count). The topological polar surface area (TPSA) is 46.5 Å². The molecular weight excluding hydrogens is 294 g/mol. The summed E-state index contributed by atoms with van der Waals surface area (Å²) in [7, 11) is 0. The highest BCUT2D eigenvalue weighted by Gasteiger charge is 2.42. The van der Waals surface area contributed by atoms with Gasteiger partial charge >= 0.3 is 18.3 Å². The Morgan fingerprint density at radius 2 is 1.60 bits per heavy atom. The van der Waals surface area contributed by atoms with E-state index in [4.69, 9.17) is 5.11 Å². The Morgan fingerprint density at radius 1 is 1.10 bits per heavy atom. The second kappa shape index (κ2) is 5.70. The quantitative estimate of drug-likeness (QED) is 0.867. The van der Waals surface area contributed by atoms with E-state index >= 15 is 0 Å². The molecular formula is C11H8F6O3. The van der Waals surface area contributed by atoms with Gasteiger partial charge in [0.2, 0.25) is 0 Å². The van der Waals surface area contributed by atoms with Gasteiger partial charge in [-0.3, -0.25) is 0 Å². The van der Waals surface area contributed by atoms with Crippen molar-refractivity contribution in [1.29, 1.82) is 0 Å². The first-order chi connectivity index (χ1) is 9.01. The summed E-state index contributed by atoms with van der Waals surface area (Å²) >= 11 is 0. The highest BCUT2D eigenvalue weighted by molar-refractivity contribution is 5.68. The number of benzene rings is 1. The molecule has 0 heterocycles. The van der Waals surface area contributed by atoms with Gasteiger partial charge in [-0.2, -0.15) is 26.3 Å². The SMILES string of the molecule is O=C(O)COC(c1ccc(C(F)(F)F)cc1)C(F)(F)F. The van der Waals surface area contributed by atoms with Crippen LogP contribution in [0.3, 0.4) is 0 Å². The molecule has 9 heteroatoms. The van der Waals surface area contributed by atoms with Gasteiger partial charge in [0.1, 0.15) is 6.61 Å². The average molecular weight is 302 g/mol. The summed E-state index contributed by atoms with van der Waals surface area (Å²) in [6, 6.07) is 2.14. The Hall–Kier alpha value is -1.77. The molecule has 1 atom stereocenters. The van der Waals surface area contributed by atoms with Crippen molar-refractivity contribution in [3.05, 3.63) is 35.4 Å². The van der Waals surface area contributed by atoms with Crippen LogP contribution in [-0.4, -0.2) is 23.9 Å². The fraction of sp³-hybridized carbons (Fsp3) is 0.364. The lowest BCUT2D eigenvalue weighted by Gasteiger charge is -2.20.